The van der Waals surface area contributed by atoms with Crippen LogP contribution in [-0.4, -0.2) is 9.38 Å². The lowest BCUT2D eigenvalue weighted by Gasteiger charge is -2.19. The van der Waals surface area contributed by atoms with E-state index in [2.05, 4.69) is 20.8 Å². The zero-order valence-corrected chi connectivity index (χ0v) is 14.9. The van der Waals surface area contributed by atoms with Crippen LogP contribution in [0.15, 0.2) is 53.5 Å². The number of fused-ring (bicyclic) bond motifs is 1. The van der Waals surface area contributed by atoms with Gasteiger partial charge in [0, 0.05) is 35.2 Å². The van der Waals surface area contributed by atoms with Gasteiger partial charge in [-0.3, -0.25) is 9.20 Å². The third kappa shape index (κ3) is 3.22. The topological polar surface area (TPSA) is 34.4 Å². The number of halogens is 1. The number of aromatic nitrogens is 2. The fraction of sp³-hybridized carbons (Fsp3) is 0.300. The Labute approximate surface area is 146 Å². The van der Waals surface area contributed by atoms with Crippen molar-refractivity contribution >= 4 is 17.2 Å². The molecule has 124 valence electrons. The van der Waals surface area contributed by atoms with Crippen molar-refractivity contribution in [1.82, 2.24) is 9.38 Å². The first-order chi connectivity index (χ1) is 11.5. The van der Waals surface area contributed by atoms with Crippen molar-refractivity contribution in [2.24, 2.45) is 5.92 Å². The summed E-state index contributed by atoms with van der Waals surface area (Å²) in [6, 6.07) is 13.5. The van der Waals surface area contributed by atoms with Gasteiger partial charge in [-0.1, -0.05) is 62.7 Å². The predicted molar refractivity (Wildman–Crippen MR) is 99.0 cm³/mol. The van der Waals surface area contributed by atoms with Gasteiger partial charge in [-0.2, -0.15) is 0 Å². The van der Waals surface area contributed by atoms with Crippen LogP contribution in [0.25, 0.3) is 5.65 Å². The molecular weight excluding hydrogens is 320 g/mol. The fourth-order valence-electron chi connectivity index (χ4n) is 2.83. The molecule has 0 radical (unpaired) electrons. The molecule has 3 nitrogen and oxygen atoms in total. The van der Waals surface area contributed by atoms with Gasteiger partial charge in [0.2, 0.25) is 0 Å². The van der Waals surface area contributed by atoms with E-state index < -0.39 is 0 Å². The lowest BCUT2D eigenvalue weighted by Crippen LogP contribution is -2.25. The summed E-state index contributed by atoms with van der Waals surface area (Å²) in [6.45, 7) is 6.43. The van der Waals surface area contributed by atoms with Crippen LogP contribution in [-0.2, 0) is 6.42 Å². The Morgan fingerprint density at radius 2 is 1.83 bits per heavy atom. The SMILES string of the molecule is CC(C)[C@@H](C)c1nc2cc(Cl)ccn2c(=O)c1Cc1ccccc1. The number of benzene rings is 1. The van der Waals surface area contributed by atoms with E-state index in [1.807, 2.05) is 30.3 Å². The molecular formula is C20H21ClN2O. The lowest BCUT2D eigenvalue weighted by atomic mass is 9.90. The van der Waals surface area contributed by atoms with E-state index >= 15 is 0 Å². The molecule has 3 aromatic rings. The number of hydrogen-bond acceptors (Lipinski definition) is 2. The lowest BCUT2D eigenvalue weighted by molar-refractivity contribution is 0.519. The molecule has 0 N–H and O–H groups in total. The van der Waals surface area contributed by atoms with Crippen LogP contribution in [0.1, 0.15) is 43.5 Å². The Kier molecular flexibility index (Phi) is 4.72. The summed E-state index contributed by atoms with van der Waals surface area (Å²) in [5, 5.41) is 0.584. The molecule has 3 rings (SSSR count). The molecule has 1 aromatic carbocycles. The van der Waals surface area contributed by atoms with Crippen molar-refractivity contribution in [3.63, 3.8) is 0 Å². The molecule has 0 bridgehead atoms. The summed E-state index contributed by atoms with van der Waals surface area (Å²) in [5.74, 6) is 0.591. The van der Waals surface area contributed by atoms with E-state index in [4.69, 9.17) is 16.6 Å². The Morgan fingerprint density at radius 3 is 2.50 bits per heavy atom. The molecule has 1 atom stereocenters. The van der Waals surface area contributed by atoms with Crippen LogP contribution in [0.3, 0.4) is 0 Å². The largest absolute Gasteiger partial charge is 0.269 e. The first-order valence-corrected chi connectivity index (χ1v) is 8.59. The highest BCUT2D eigenvalue weighted by Crippen LogP contribution is 2.26. The maximum absolute atomic E-state index is 13.1. The summed E-state index contributed by atoms with van der Waals surface area (Å²) in [4.78, 5) is 17.9. The van der Waals surface area contributed by atoms with Crippen LogP contribution < -0.4 is 5.56 Å². The molecule has 0 aliphatic rings. The smallest absolute Gasteiger partial charge is 0.261 e. The van der Waals surface area contributed by atoms with Crippen LogP contribution >= 0.6 is 11.6 Å². The van der Waals surface area contributed by atoms with Gasteiger partial charge in [-0.15, -0.1) is 0 Å². The molecule has 0 saturated heterocycles. The maximum atomic E-state index is 13.1. The van der Waals surface area contributed by atoms with Crippen molar-refractivity contribution < 1.29 is 0 Å². The number of rotatable bonds is 4. The average molecular weight is 341 g/mol. The van der Waals surface area contributed by atoms with Crippen molar-refractivity contribution in [3.05, 3.63) is 80.9 Å². The van der Waals surface area contributed by atoms with Crippen LogP contribution in [0, 0.1) is 5.92 Å². The molecule has 2 heterocycles. The molecule has 0 saturated carbocycles. The second kappa shape index (κ2) is 6.78. The first kappa shape index (κ1) is 16.7. The highest BCUT2D eigenvalue weighted by atomic mass is 35.5. The molecule has 0 aliphatic heterocycles. The molecule has 0 amide bonds. The Bertz CT molecular complexity index is 916. The van der Waals surface area contributed by atoms with Gasteiger partial charge in [0.1, 0.15) is 5.65 Å². The Balaban J connectivity index is 2.24. The molecule has 0 fully saturated rings. The monoisotopic (exact) mass is 340 g/mol. The Hall–Kier alpha value is -2.13. The van der Waals surface area contributed by atoms with E-state index in [-0.39, 0.29) is 11.5 Å². The summed E-state index contributed by atoms with van der Waals surface area (Å²) < 4.78 is 1.58. The van der Waals surface area contributed by atoms with E-state index in [1.54, 1.807) is 22.7 Å². The normalized spacial score (nSPS) is 12.7. The molecule has 0 unspecified atom stereocenters. The van der Waals surface area contributed by atoms with Gasteiger partial charge in [0.05, 0.1) is 5.69 Å². The number of nitrogens with zero attached hydrogens (tertiary/aromatic N) is 2. The molecule has 0 aliphatic carbocycles. The quantitative estimate of drug-likeness (QED) is 0.690. The van der Waals surface area contributed by atoms with Crippen molar-refractivity contribution in [1.29, 1.82) is 0 Å². The van der Waals surface area contributed by atoms with E-state index in [0.29, 0.717) is 23.0 Å². The second-order valence-electron chi connectivity index (χ2n) is 6.55. The van der Waals surface area contributed by atoms with Crippen molar-refractivity contribution in [2.75, 3.05) is 0 Å². The highest BCUT2D eigenvalue weighted by Gasteiger charge is 2.20. The second-order valence-corrected chi connectivity index (χ2v) is 6.99. The standard InChI is InChI=1S/C20H21ClN2O/c1-13(2)14(3)19-17(11-15-7-5-4-6-8-15)20(24)23-10-9-16(21)12-18(23)22-19/h4-10,12-14H,11H2,1-3H3/t14-/m1/s1. The third-order valence-corrected chi connectivity index (χ3v) is 4.81. The van der Waals surface area contributed by atoms with Gasteiger partial charge >= 0.3 is 0 Å². The molecule has 0 spiro atoms. The molecule has 2 aromatic heterocycles. The number of pyridine rings is 1. The number of hydrogen-bond donors (Lipinski definition) is 0. The zero-order chi connectivity index (χ0) is 17.3. The molecule has 4 heteroatoms. The molecule has 24 heavy (non-hydrogen) atoms. The van der Waals surface area contributed by atoms with Gasteiger partial charge in [-0.05, 0) is 17.5 Å². The van der Waals surface area contributed by atoms with E-state index in [0.717, 1.165) is 16.8 Å². The zero-order valence-electron chi connectivity index (χ0n) is 14.2. The first-order valence-electron chi connectivity index (χ1n) is 8.22. The van der Waals surface area contributed by atoms with Gasteiger partial charge in [0.25, 0.3) is 5.56 Å². The highest BCUT2D eigenvalue weighted by molar-refractivity contribution is 6.30. The summed E-state index contributed by atoms with van der Waals surface area (Å²) >= 11 is 6.08. The fourth-order valence-corrected chi connectivity index (χ4v) is 2.98. The Morgan fingerprint density at radius 1 is 1.12 bits per heavy atom. The summed E-state index contributed by atoms with van der Waals surface area (Å²) in [6.07, 6.45) is 2.29. The van der Waals surface area contributed by atoms with Crippen molar-refractivity contribution in [2.45, 2.75) is 33.1 Å². The van der Waals surface area contributed by atoms with E-state index in [1.165, 1.54) is 0 Å². The van der Waals surface area contributed by atoms with Crippen molar-refractivity contribution in [3.8, 4) is 0 Å². The minimum Gasteiger partial charge on any atom is -0.269 e. The minimum atomic E-state index is -0.0111. The summed E-state index contributed by atoms with van der Waals surface area (Å²) in [7, 11) is 0. The minimum absolute atomic E-state index is 0.0111. The predicted octanol–water partition coefficient (Wildman–Crippen LogP) is 4.70. The summed E-state index contributed by atoms with van der Waals surface area (Å²) in [5.41, 5.74) is 3.35. The van der Waals surface area contributed by atoms with Crippen LogP contribution in [0.5, 0.6) is 0 Å². The average Bonchev–Trinajstić information content (AvgIpc) is 2.57. The van der Waals surface area contributed by atoms with E-state index in [9.17, 15) is 4.79 Å². The maximum Gasteiger partial charge on any atom is 0.261 e. The third-order valence-electron chi connectivity index (χ3n) is 4.57. The van der Waals surface area contributed by atoms with Crippen LogP contribution in [0.2, 0.25) is 5.02 Å². The van der Waals surface area contributed by atoms with Crippen LogP contribution in [0.4, 0.5) is 0 Å². The van der Waals surface area contributed by atoms with Gasteiger partial charge in [0.15, 0.2) is 0 Å². The van der Waals surface area contributed by atoms with Gasteiger partial charge in [-0.25, -0.2) is 4.98 Å². The van der Waals surface area contributed by atoms with Gasteiger partial charge < -0.3 is 0 Å².